The Hall–Kier alpha value is -1.78. The van der Waals surface area contributed by atoms with E-state index in [4.69, 9.17) is 23.2 Å². The standard InChI is InChI=1S/C17H17Cl2FN2O/c18-13-5-4-12(16(19)10-13)6-8-22-17(23)7-9-21-15-3-1-2-14(20)11-15/h1-5,10-11,21H,6-9H2,(H,22,23). The van der Waals surface area contributed by atoms with E-state index in [2.05, 4.69) is 10.6 Å². The number of anilines is 1. The lowest BCUT2D eigenvalue weighted by Crippen LogP contribution is -2.27. The summed E-state index contributed by atoms with van der Waals surface area (Å²) < 4.78 is 13.0. The number of nitrogens with one attached hydrogen (secondary N) is 2. The third kappa shape index (κ3) is 6.08. The molecule has 0 heterocycles. The number of carbonyl (C=O) groups is 1. The molecule has 2 rings (SSSR count). The summed E-state index contributed by atoms with van der Waals surface area (Å²) in [5.74, 6) is -0.377. The highest BCUT2D eigenvalue weighted by atomic mass is 35.5. The third-order valence-corrected chi connectivity index (χ3v) is 3.82. The number of carbonyl (C=O) groups excluding carboxylic acids is 1. The van der Waals surface area contributed by atoms with Gasteiger partial charge in [0.1, 0.15) is 5.82 Å². The highest BCUT2D eigenvalue weighted by molar-refractivity contribution is 6.35. The van der Waals surface area contributed by atoms with Crippen LogP contribution in [0.25, 0.3) is 0 Å². The Labute approximate surface area is 144 Å². The summed E-state index contributed by atoms with van der Waals surface area (Å²) in [5, 5.41) is 7.02. The Bertz CT molecular complexity index is 679. The van der Waals surface area contributed by atoms with Crippen LogP contribution in [0.1, 0.15) is 12.0 Å². The van der Waals surface area contributed by atoms with E-state index in [0.717, 1.165) is 5.56 Å². The summed E-state index contributed by atoms with van der Waals surface area (Å²) in [6.07, 6.45) is 0.948. The van der Waals surface area contributed by atoms with Crippen molar-refractivity contribution < 1.29 is 9.18 Å². The summed E-state index contributed by atoms with van der Waals surface area (Å²) in [7, 11) is 0. The van der Waals surface area contributed by atoms with Crippen molar-refractivity contribution in [2.75, 3.05) is 18.4 Å². The number of benzene rings is 2. The van der Waals surface area contributed by atoms with Gasteiger partial charge in [-0.15, -0.1) is 0 Å². The van der Waals surface area contributed by atoms with Crippen LogP contribution in [0.3, 0.4) is 0 Å². The van der Waals surface area contributed by atoms with Gasteiger partial charge in [-0.3, -0.25) is 4.79 Å². The lowest BCUT2D eigenvalue weighted by atomic mass is 10.1. The second-order valence-corrected chi connectivity index (χ2v) is 5.87. The fourth-order valence-electron chi connectivity index (χ4n) is 2.07. The Kier molecular flexibility index (Phi) is 6.68. The van der Waals surface area contributed by atoms with Gasteiger partial charge in [0, 0.05) is 35.2 Å². The minimum absolute atomic E-state index is 0.0704. The van der Waals surface area contributed by atoms with E-state index in [0.29, 0.717) is 41.7 Å². The van der Waals surface area contributed by atoms with Crippen molar-refractivity contribution in [2.45, 2.75) is 12.8 Å². The molecule has 6 heteroatoms. The molecule has 0 bridgehead atoms. The zero-order valence-corrected chi connectivity index (χ0v) is 13.9. The molecule has 0 radical (unpaired) electrons. The lowest BCUT2D eigenvalue weighted by Gasteiger charge is -2.08. The molecule has 2 aromatic rings. The van der Waals surface area contributed by atoms with E-state index in [9.17, 15) is 9.18 Å². The highest BCUT2D eigenvalue weighted by Gasteiger charge is 2.04. The van der Waals surface area contributed by atoms with E-state index in [1.807, 2.05) is 6.07 Å². The number of amides is 1. The maximum absolute atomic E-state index is 13.0. The van der Waals surface area contributed by atoms with Gasteiger partial charge in [-0.1, -0.05) is 35.3 Å². The average Bonchev–Trinajstić information content (AvgIpc) is 2.49. The first-order chi connectivity index (χ1) is 11.0. The topological polar surface area (TPSA) is 41.1 Å². The number of hydrogen-bond donors (Lipinski definition) is 2. The first-order valence-corrected chi connectivity index (χ1v) is 8.00. The molecule has 2 N–H and O–H groups in total. The molecule has 0 unspecified atom stereocenters. The Morgan fingerprint density at radius 2 is 1.91 bits per heavy atom. The highest BCUT2D eigenvalue weighted by Crippen LogP contribution is 2.21. The SMILES string of the molecule is O=C(CCNc1cccc(F)c1)NCCc1ccc(Cl)cc1Cl. The van der Waals surface area contributed by atoms with Crippen LogP contribution in [0.5, 0.6) is 0 Å². The van der Waals surface area contributed by atoms with Crippen molar-refractivity contribution in [2.24, 2.45) is 0 Å². The molecule has 0 aliphatic rings. The smallest absolute Gasteiger partial charge is 0.221 e. The second kappa shape index (κ2) is 8.75. The molecule has 0 aromatic heterocycles. The predicted molar refractivity (Wildman–Crippen MR) is 92.7 cm³/mol. The molecule has 0 fully saturated rings. The summed E-state index contributed by atoms with van der Waals surface area (Å²) in [6.45, 7) is 0.942. The predicted octanol–water partition coefficient (Wildman–Crippen LogP) is 4.29. The summed E-state index contributed by atoms with van der Waals surface area (Å²) in [5.41, 5.74) is 1.60. The van der Waals surface area contributed by atoms with E-state index in [-0.39, 0.29) is 11.7 Å². The van der Waals surface area contributed by atoms with Gasteiger partial charge < -0.3 is 10.6 Å². The zero-order chi connectivity index (χ0) is 16.7. The van der Waals surface area contributed by atoms with Gasteiger partial charge in [-0.05, 0) is 42.3 Å². The van der Waals surface area contributed by atoms with Gasteiger partial charge in [0.25, 0.3) is 0 Å². The fourth-order valence-corrected chi connectivity index (χ4v) is 2.57. The van der Waals surface area contributed by atoms with E-state index >= 15 is 0 Å². The molecule has 0 saturated heterocycles. The third-order valence-electron chi connectivity index (χ3n) is 3.24. The van der Waals surface area contributed by atoms with Gasteiger partial charge in [0.05, 0.1) is 0 Å². The maximum Gasteiger partial charge on any atom is 0.221 e. The molecule has 3 nitrogen and oxygen atoms in total. The van der Waals surface area contributed by atoms with Crippen LogP contribution in [-0.4, -0.2) is 19.0 Å². The van der Waals surface area contributed by atoms with E-state index in [1.54, 1.807) is 24.3 Å². The minimum Gasteiger partial charge on any atom is -0.384 e. The molecule has 122 valence electrons. The maximum atomic E-state index is 13.0. The number of halogens is 3. The molecule has 1 amide bonds. The lowest BCUT2D eigenvalue weighted by molar-refractivity contribution is -0.120. The normalized spacial score (nSPS) is 10.4. The van der Waals surface area contributed by atoms with Gasteiger partial charge in [0.15, 0.2) is 0 Å². The molecular weight excluding hydrogens is 338 g/mol. The molecule has 23 heavy (non-hydrogen) atoms. The molecular formula is C17H17Cl2FN2O. The van der Waals surface area contributed by atoms with Crippen LogP contribution in [0.15, 0.2) is 42.5 Å². The first-order valence-electron chi connectivity index (χ1n) is 7.24. The van der Waals surface area contributed by atoms with Gasteiger partial charge in [-0.2, -0.15) is 0 Å². The fraction of sp³-hybridized carbons (Fsp3) is 0.235. The molecule has 0 aliphatic heterocycles. The summed E-state index contributed by atoms with van der Waals surface area (Å²) in [4.78, 5) is 11.8. The molecule has 0 saturated carbocycles. The van der Waals surface area contributed by atoms with Crippen LogP contribution in [0.4, 0.5) is 10.1 Å². The zero-order valence-electron chi connectivity index (χ0n) is 12.4. The van der Waals surface area contributed by atoms with E-state index < -0.39 is 0 Å². The molecule has 0 atom stereocenters. The van der Waals surface area contributed by atoms with Crippen LogP contribution < -0.4 is 10.6 Å². The second-order valence-electron chi connectivity index (χ2n) is 5.02. The Morgan fingerprint density at radius 3 is 2.65 bits per heavy atom. The van der Waals surface area contributed by atoms with Crippen LogP contribution in [-0.2, 0) is 11.2 Å². The monoisotopic (exact) mass is 354 g/mol. The van der Waals surface area contributed by atoms with Crippen molar-refractivity contribution in [3.8, 4) is 0 Å². The average molecular weight is 355 g/mol. The molecule has 2 aromatic carbocycles. The largest absolute Gasteiger partial charge is 0.384 e. The van der Waals surface area contributed by atoms with Crippen molar-refractivity contribution >= 4 is 34.8 Å². The van der Waals surface area contributed by atoms with Gasteiger partial charge >= 0.3 is 0 Å². The van der Waals surface area contributed by atoms with Crippen LogP contribution in [0, 0.1) is 5.82 Å². The number of rotatable bonds is 7. The quantitative estimate of drug-likeness (QED) is 0.778. The molecule has 0 aliphatic carbocycles. The van der Waals surface area contributed by atoms with Crippen molar-refractivity contribution in [1.82, 2.24) is 5.32 Å². The van der Waals surface area contributed by atoms with Gasteiger partial charge in [0.2, 0.25) is 5.91 Å². The summed E-state index contributed by atoms with van der Waals surface area (Å²) >= 11 is 11.9. The van der Waals surface area contributed by atoms with Crippen LogP contribution >= 0.6 is 23.2 Å². The Morgan fingerprint density at radius 1 is 1.09 bits per heavy atom. The summed E-state index contributed by atoms with van der Waals surface area (Å²) in [6, 6.07) is 11.4. The Balaban J connectivity index is 1.67. The van der Waals surface area contributed by atoms with Gasteiger partial charge in [-0.25, -0.2) is 4.39 Å². The van der Waals surface area contributed by atoms with E-state index in [1.165, 1.54) is 12.1 Å². The first kappa shape index (κ1) is 17.6. The molecule has 0 spiro atoms. The minimum atomic E-state index is -0.306. The van der Waals surface area contributed by atoms with Crippen molar-refractivity contribution in [3.63, 3.8) is 0 Å². The van der Waals surface area contributed by atoms with Crippen molar-refractivity contribution in [1.29, 1.82) is 0 Å². The van der Waals surface area contributed by atoms with Crippen LogP contribution in [0.2, 0.25) is 10.0 Å². The van der Waals surface area contributed by atoms with Crippen molar-refractivity contribution in [3.05, 3.63) is 63.9 Å². The number of hydrogen-bond acceptors (Lipinski definition) is 2.